The average molecular weight is 254 g/mol. The number of nitrogens with zero attached hydrogens (tertiary/aromatic N) is 1. The van der Waals surface area contributed by atoms with Crippen molar-refractivity contribution in [3.05, 3.63) is 28.8 Å². The molecule has 0 amide bonds. The van der Waals surface area contributed by atoms with Crippen LogP contribution in [-0.2, 0) is 0 Å². The van der Waals surface area contributed by atoms with Gasteiger partial charge in [-0.25, -0.2) is 0 Å². The van der Waals surface area contributed by atoms with Gasteiger partial charge in [-0.15, -0.1) is 0 Å². The van der Waals surface area contributed by atoms with Gasteiger partial charge in [-0.3, -0.25) is 4.79 Å². The molecule has 92 valence electrons. The second-order valence-electron chi connectivity index (χ2n) is 4.54. The molecular formula is C13H16ClNO2. The summed E-state index contributed by atoms with van der Waals surface area (Å²) in [6.07, 6.45) is 1.84. The van der Waals surface area contributed by atoms with E-state index in [-0.39, 0.29) is 12.6 Å². The maximum atomic E-state index is 10.7. The lowest BCUT2D eigenvalue weighted by atomic mass is 10.0. The zero-order valence-electron chi connectivity index (χ0n) is 9.77. The number of rotatable bonds is 3. The third-order valence-corrected chi connectivity index (χ3v) is 3.79. The third kappa shape index (κ3) is 2.31. The maximum absolute atomic E-state index is 10.7. The molecule has 1 aliphatic rings. The average Bonchev–Trinajstić information content (AvgIpc) is 2.70. The molecule has 0 spiro atoms. The maximum Gasteiger partial charge on any atom is 0.150 e. The lowest BCUT2D eigenvalue weighted by Gasteiger charge is -2.28. The zero-order chi connectivity index (χ0) is 12.4. The summed E-state index contributed by atoms with van der Waals surface area (Å²) >= 11 is 6.18. The Labute approximate surface area is 106 Å². The van der Waals surface area contributed by atoms with Crippen LogP contribution in [0.5, 0.6) is 0 Å². The van der Waals surface area contributed by atoms with Crippen LogP contribution in [0.2, 0.25) is 5.02 Å². The van der Waals surface area contributed by atoms with E-state index >= 15 is 0 Å². The van der Waals surface area contributed by atoms with E-state index in [0.717, 1.165) is 24.9 Å². The number of aldehydes is 1. The lowest BCUT2D eigenvalue weighted by molar-refractivity contribution is 0.112. The molecule has 1 aliphatic heterocycles. The second-order valence-corrected chi connectivity index (χ2v) is 4.95. The summed E-state index contributed by atoms with van der Waals surface area (Å²) in [5.41, 5.74) is 1.48. The molecule has 1 fully saturated rings. The van der Waals surface area contributed by atoms with Crippen molar-refractivity contribution >= 4 is 23.6 Å². The van der Waals surface area contributed by atoms with Crippen molar-refractivity contribution < 1.29 is 9.90 Å². The summed E-state index contributed by atoms with van der Waals surface area (Å²) in [5.74, 6) is 0.460. The second kappa shape index (κ2) is 5.07. The Morgan fingerprint density at radius 1 is 1.59 bits per heavy atom. The third-order valence-electron chi connectivity index (χ3n) is 3.49. The summed E-state index contributed by atoms with van der Waals surface area (Å²) in [7, 11) is 0. The number of aliphatic hydroxyl groups excluding tert-OH is 1. The Kier molecular flexibility index (Phi) is 3.69. The Bertz CT molecular complexity index is 422. The van der Waals surface area contributed by atoms with E-state index in [1.807, 2.05) is 6.07 Å². The predicted molar refractivity (Wildman–Crippen MR) is 68.8 cm³/mol. The highest BCUT2D eigenvalue weighted by Gasteiger charge is 2.31. The van der Waals surface area contributed by atoms with Gasteiger partial charge in [0.25, 0.3) is 0 Å². The van der Waals surface area contributed by atoms with Crippen LogP contribution in [0.3, 0.4) is 0 Å². The monoisotopic (exact) mass is 253 g/mol. The molecule has 1 saturated heterocycles. The Balaban J connectivity index is 2.31. The van der Waals surface area contributed by atoms with E-state index in [9.17, 15) is 9.90 Å². The lowest BCUT2D eigenvalue weighted by Crippen LogP contribution is -2.35. The number of carbonyl (C=O) groups excluding carboxylic acids is 1. The standard InChI is InChI=1S/C13H16ClNO2/c1-9-4-5-15(13(9)8-17)12-3-2-10(7-16)6-11(12)14/h2-3,6-7,9,13,17H,4-5,8H2,1H3. The molecule has 1 aromatic rings. The minimum atomic E-state index is 0.120. The first kappa shape index (κ1) is 12.4. The van der Waals surface area contributed by atoms with Crippen LogP contribution in [0.1, 0.15) is 23.7 Å². The molecule has 3 nitrogen and oxygen atoms in total. The van der Waals surface area contributed by atoms with Gasteiger partial charge in [-0.2, -0.15) is 0 Å². The largest absolute Gasteiger partial charge is 0.394 e. The van der Waals surface area contributed by atoms with E-state index in [2.05, 4.69) is 11.8 Å². The van der Waals surface area contributed by atoms with Crippen molar-refractivity contribution in [3.63, 3.8) is 0 Å². The van der Waals surface area contributed by atoms with Crippen LogP contribution in [0.15, 0.2) is 18.2 Å². The van der Waals surface area contributed by atoms with E-state index in [4.69, 9.17) is 11.6 Å². The van der Waals surface area contributed by atoms with Crippen LogP contribution in [0.25, 0.3) is 0 Å². The van der Waals surface area contributed by atoms with E-state index in [1.165, 1.54) is 0 Å². The van der Waals surface area contributed by atoms with Crippen LogP contribution in [0, 0.1) is 5.92 Å². The van der Waals surface area contributed by atoms with Crippen LogP contribution in [-0.4, -0.2) is 30.6 Å². The number of anilines is 1. The number of carbonyl (C=O) groups is 1. The highest BCUT2D eigenvalue weighted by molar-refractivity contribution is 6.33. The molecule has 0 aliphatic carbocycles. The zero-order valence-corrected chi connectivity index (χ0v) is 10.5. The fourth-order valence-corrected chi connectivity index (χ4v) is 2.71. The number of hydrogen-bond donors (Lipinski definition) is 1. The fourth-order valence-electron chi connectivity index (χ4n) is 2.42. The van der Waals surface area contributed by atoms with Crippen LogP contribution < -0.4 is 4.90 Å². The van der Waals surface area contributed by atoms with Crippen molar-refractivity contribution in [2.24, 2.45) is 5.92 Å². The summed E-state index contributed by atoms with van der Waals surface area (Å²) in [6, 6.07) is 5.40. The Morgan fingerprint density at radius 3 is 2.94 bits per heavy atom. The smallest absolute Gasteiger partial charge is 0.150 e. The van der Waals surface area contributed by atoms with Crippen molar-refractivity contribution in [1.82, 2.24) is 0 Å². The van der Waals surface area contributed by atoms with Gasteiger partial charge in [-0.1, -0.05) is 18.5 Å². The van der Waals surface area contributed by atoms with Gasteiger partial charge in [0.2, 0.25) is 0 Å². The number of hydrogen-bond acceptors (Lipinski definition) is 3. The van der Waals surface area contributed by atoms with Gasteiger partial charge in [0, 0.05) is 12.1 Å². The Morgan fingerprint density at radius 2 is 2.35 bits per heavy atom. The molecule has 1 heterocycles. The van der Waals surface area contributed by atoms with Gasteiger partial charge >= 0.3 is 0 Å². The molecule has 2 rings (SSSR count). The Hall–Kier alpha value is -1.06. The molecule has 0 saturated carbocycles. The van der Waals surface area contributed by atoms with Crippen LogP contribution >= 0.6 is 11.6 Å². The predicted octanol–water partition coefficient (Wildman–Crippen LogP) is 2.36. The first-order valence-electron chi connectivity index (χ1n) is 5.79. The van der Waals surface area contributed by atoms with Crippen LogP contribution in [0.4, 0.5) is 5.69 Å². The van der Waals surface area contributed by atoms with E-state index in [1.54, 1.807) is 12.1 Å². The number of benzene rings is 1. The quantitative estimate of drug-likeness (QED) is 0.841. The summed E-state index contributed by atoms with van der Waals surface area (Å²) in [4.78, 5) is 12.8. The van der Waals surface area contributed by atoms with Gasteiger partial charge in [-0.05, 0) is 30.5 Å². The van der Waals surface area contributed by atoms with Crippen molar-refractivity contribution in [3.8, 4) is 0 Å². The van der Waals surface area contributed by atoms with Gasteiger partial charge in [0.15, 0.2) is 0 Å². The topological polar surface area (TPSA) is 40.5 Å². The molecular weight excluding hydrogens is 238 g/mol. The molecule has 0 aromatic heterocycles. The van der Waals surface area contributed by atoms with Gasteiger partial charge in [0.1, 0.15) is 6.29 Å². The molecule has 0 radical (unpaired) electrons. The molecule has 2 atom stereocenters. The first-order valence-corrected chi connectivity index (χ1v) is 6.17. The van der Waals surface area contributed by atoms with Gasteiger partial charge < -0.3 is 10.0 Å². The minimum Gasteiger partial charge on any atom is -0.394 e. The molecule has 17 heavy (non-hydrogen) atoms. The molecule has 4 heteroatoms. The number of aliphatic hydroxyl groups is 1. The fraction of sp³-hybridized carbons (Fsp3) is 0.462. The SMILES string of the molecule is CC1CCN(c2ccc(C=O)cc2Cl)C1CO. The van der Waals surface area contributed by atoms with E-state index in [0.29, 0.717) is 16.5 Å². The molecule has 2 unspecified atom stereocenters. The highest BCUT2D eigenvalue weighted by atomic mass is 35.5. The molecule has 1 N–H and O–H groups in total. The summed E-state index contributed by atoms with van der Waals surface area (Å²) in [6.45, 7) is 3.16. The molecule has 1 aromatic carbocycles. The van der Waals surface area contributed by atoms with Gasteiger partial charge in [0.05, 0.1) is 23.4 Å². The summed E-state index contributed by atoms with van der Waals surface area (Å²) < 4.78 is 0. The summed E-state index contributed by atoms with van der Waals surface area (Å²) in [5, 5.41) is 9.99. The minimum absolute atomic E-state index is 0.120. The highest BCUT2D eigenvalue weighted by Crippen LogP contribution is 2.34. The number of halogens is 1. The molecule has 0 bridgehead atoms. The van der Waals surface area contributed by atoms with Crippen molar-refractivity contribution in [2.45, 2.75) is 19.4 Å². The normalized spacial score (nSPS) is 24.1. The first-order chi connectivity index (χ1) is 8.17. The van der Waals surface area contributed by atoms with E-state index < -0.39 is 0 Å². The van der Waals surface area contributed by atoms with Crippen molar-refractivity contribution in [2.75, 3.05) is 18.1 Å². The van der Waals surface area contributed by atoms with Crippen molar-refractivity contribution in [1.29, 1.82) is 0 Å².